The van der Waals surface area contributed by atoms with Gasteiger partial charge in [-0.15, -0.1) is 0 Å². The molecule has 1 saturated carbocycles. The first-order valence-electron chi connectivity index (χ1n) is 8.84. The Morgan fingerprint density at radius 2 is 2.11 bits per heavy atom. The van der Waals surface area contributed by atoms with Gasteiger partial charge in [-0.05, 0) is 30.9 Å². The molecule has 1 spiro atoms. The number of rotatable bonds is 5. The number of nitrogens with zero attached hydrogens (tertiary/aromatic N) is 1. The summed E-state index contributed by atoms with van der Waals surface area (Å²) in [6, 6.07) is 2.31. The molecular formula is C18H22N2O7. The Bertz CT molecular complexity index is 772. The normalized spacial score (nSPS) is 24.8. The van der Waals surface area contributed by atoms with Gasteiger partial charge in [-0.25, -0.2) is 9.59 Å². The van der Waals surface area contributed by atoms with Crippen LogP contribution in [-0.2, 0) is 25.7 Å². The van der Waals surface area contributed by atoms with Crippen LogP contribution in [0.15, 0.2) is 16.5 Å². The molecule has 1 aromatic rings. The number of methoxy groups -OCH3 is 1. The van der Waals surface area contributed by atoms with Crippen molar-refractivity contribution < 1.29 is 33.1 Å². The molecule has 27 heavy (non-hydrogen) atoms. The maximum Gasteiger partial charge on any atom is 0.373 e. The fraction of sp³-hybridized carbons (Fsp3) is 0.556. The van der Waals surface area contributed by atoms with Gasteiger partial charge in [0.25, 0.3) is 5.91 Å². The fourth-order valence-corrected chi connectivity index (χ4v) is 3.63. The van der Waals surface area contributed by atoms with Crippen LogP contribution < -0.4 is 5.32 Å². The quantitative estimate of drug-likeness (QED) is 0.611. The fourth-order valence-electron chi connectivity index (χ4n) is 3.63. The summed E-state index contributed by atoms with van der Waals surface area (Å²) in [6.07, 6.45) is 3.30. The number of hydrogen-bond donors (Lipinski definition) is 1. The Balaban J connectivity index is 1.57. The van der Waals surface area contributed by atoms with Crippen LogP contribution in [0.3, 0.4) is 0 Å². The molecule has 1 N–H and O–H groups in total. The van der Waals surface area contributed by atoms with Crippen LogP contribution in [0.1, 0.15) is 48.9 Å². The highest BCUT2D eigenvalue weighted by Gasteiger charge is 2.55. The Hall–Kier alpha value is -2.84. The Morgan fingerprint density at radius 1 is 1.33 bits per heavy atom. The number of furan rings is 1. The van der Waals surface area contributed by atoms with Gasteiger partial charge in [-0.3, -0.25) is 14.5 Å². The average molecular weight is 378 g/mol. The Labute approximate surface area is 156 Å². The summed E-state index contributed by atoms with van der Waals surface area (Å²) in [5.41, 5.74) is -0.911. The van der Waals surface area contributed by atoms with E-state index >= 15 is 0 Å². The molecule has 1 saturated heterocycles. The average Bonchev–Trinajstić information content (AvgIpc) is 3.21. The van der Waals surface area contributed by atoms with Crippen LogP contribution in [0.5, 0.6) is 0 Å². The second kappa shape index (κ2) is 7.42. The highest BCUT2D eigenvalue weighted by atomic mass is 16.6. The molecule has 9 nitrogen and oxygen atoms in total. The van der Waals surface area contributed by atoms with E-state index in [1.165, 1.54) is 19.2 Å². The number of nitrogens with one attached hydrogen (secondary N) is 1. The monoisotopic (exact) mass is 378 g/mol. The second-order valence-electron chi connectivity index (χ2n) is 6.86. The van der Waals surface area contributed by atoms with Crippen LogP contribution in [0.25, 0.3) is 0 Å². The number of hydrogen-bond acceptors (Lipinski definition) is 7. The molecule has 3 rings (SSSR count). The minimum Gasteiger partial charge on any atom is -0.463 e. The van der Waals surface area contributed by atoms with E-state index in [0.717, 1.165) is 24.2 Å². The predicted molar refractivity (Wildman–Crippen MR) is 90.5 cm³/mol. The molecule has 1 aliphatic heterocycles. The molecule has 2 atom stereocenters. The minimum atomic E-state index is -0.911. The van der Waals surface area contributed by atoms with Crippen molar-refractivity contribution in [3.8, 4) is 0 Å². The number of ether oxygens (including phenoxy) is 2. The zero-order valence-electron chi connectivity index (χ0n) is 15.3. The first kappa shape index (κ1) is 18.9. The SMILES string of the molecule is COC(=O)c1ccc(COC(=O)CN2C(=O)N[C@]3(CCCC[C@@H]3C)C2=O)o1. The zero-order valence-corrected chi connectivity index (χ0v) is 15.3. The summed E-state index contributed by atoms with van der Waals surface area (Å²) in [5.74, 6) is -1.50. The molecule has 2 heterocycles. The minimum absolute atomic E-state index is 0.00845. The third kappa shape index (κ3) is 3.54. The van der Waals surface area contributed by atoms with Crippen molar-refractivity contribution in [2.24, 2.45) is 5.92 Å². The smallest absolute Gasteiger partial charge is 0.373 e. The summed E-state index contributed by atoms with van der Waals surface area (Å²) in [6.45, 7) is 1.25. The molecule has 146 valence electrons. The lowest BCUT2D eigenvalue weighted by Gasteiger charge is -2.36. The third-order valence-electron chi connectivity index (χ3n) is 5.21. The van der Waals surface area contributed by atoms with Gasteiger partial charge in [0.05, 0.1) is 7.11 Å². The van der Waals surface area contributed by atoms with E-state index in [2.05, 4.69) is 10.1 Å². The van der Waals surface area contributed by atoms with Crippen molar-refractivity contribution in [3.63, 3.8) is 0 Å². The van der Waals surface area contributed by atoms with Gasteiger partial charge >= 0.3 is 18.0 Å². The number of carbonyl (C=O) groups is 4. The van der Waals surface area contributed by atoms with Crippen LogP contribution in [0.4, 0.5) is 4.79 Å². The van der Waals surface area contributed by atoms with Gasteiger partial charge in [0.1, 0.15) is 24.5 Å². The number of urea groups is 1. The molecular weight excluding hydrogens is 356 g/mol. The highest BCUT2D eigenvalue weighted by molar-refractivity contribution is 6.08. The maximum atomic E-state index is 12.8. The molecule has 3 amide bonds. The Kier molecular flexibility index (Phi) is 5.20. The van der Waals surface area contributed by atoms with Crippen molar-refractivity contribution in [2.45, 2.75) is 44.8 Å². The topological polar surface area (TPSA) is 115 Å². The van der Waals surface area contributed by atoms with Crippen LogP contribution in [0.2, 0.25) is 0 Å². The van der Waals surface area contributed by atoms with E-state index in [1.807, 2.05) is 6.92 Å². The van der Waals surface area contributed by atoms with Gasteiger partial charge in [-0.1, -0.05) is 19.8 Å². The molecule has 0 unspecified atom stereocenters. The van der Waals surface area contributed by atoms with Crippen molar-refractivity contribution in [3.05, 3.63) is 23.7 Å². The molecule has 0 aromatic carbocycles. The number of esters is 2. The lowest BCUT2D eigenvalue weighted by molar-refractivity contribution is -0.149. The summed E-state index contributed by atoms with van der Waals surface area (Å²) in [4.78, 5) is 49.4. The third-order valence-corrected chi connectivity index (χ3v) is 5.21. The van der Waals surface area contributed by atoms with Gasteiger partial charge < -0.3 is 19.2 Å². The molecule has 2 fully saturated rings. The van der Waals surface area contributed by atoms with E-state index in [-0.39, 0.29) is 30.0 Å². The second-order valence-corrected chi connectivity index (χ2v) is 6.86. The molecule has 1 aliphatic carbocycles. The summed E-state index contributed by atoms with van der Waals surface area (Å²) in [7, 11) is 1.22. The zero-order chi connectivity index (χ0) is 19.6. The van der Waals surface area contributed by atoms with Crippen molar-refractivity contribution in [1.82, 2.24) is 10.2 Å². The van der Waals surface area contributed by atoms with Crippen LogP contribution in [0, 0.1) is 5.92 Å². The predicted octanol–water partition coefficient (Wildman–Crippen LogP) is 1.61. The van der Waals surface area contributed by atoms with Crippen molar-refractivity contribution in [2.75, 3.05) is 13.7 Å². The summed E-state index contributed by atoms with van der Waals surface area (Å²) >= 11 is 0. The van der Waals surface area contributed by atoms with Crippen LogP contribution in [-0.4, -0.2) is 48.0 Å². The molecule has 0 bridgehead atoms. The number of carbonyl (C=O) groups excluding carboxylic acids is 4. The Morgan fingerprint density at radius 3 is 2.81 bits per heavy atom. The first-order valence-corrected chi connectivity index (χ1v) is 8.84. The van der Waals surface area contributed by atoms with Gasteiger partial charge in [0.2, 0.25) is 5.76 Å². The standard InChI is InChI=1S/C18H22N2O7/c1-11-5-3-4-8-18(11)16(23)20(17(24)19-18)9-14(21)26-10-12-6-7-13(27-12)15(22)25-2/h6-7,11H,3-5,8-10H2,1-2H3,(H,19,24)/t11-,18-/m0/s1. The maximum absolute atomic E-state index is 12.8. The van der Waals surface area contributed by atoms with Crippen molar-refractivity contribution >= 4 is 23.9 Å². The van der Waals surface area contributed by atoms with Crippen molar-refractivity contribution in [1.29, 1.82) is 0 Å². The van der Waals surface area contributed by atoms with Gasteiger partial charge in [-0.2, -0.15) is 0 Å². The van der Waals surface area contributed by atoms with E-state index in [4.69, 9.17) is 9.15 Å². The summed E-state index contributed by atoms with van der Waals surface area (Å²) < 4.78 is 14.8. The van der Waals surface area contributed by atoms with E-state index < -0.39 is 30.1 Å². The van der Waals surface area contributed by atoms with Crippen LogP contribution >= 0.6 is 0 Å². The van der Waals surface area contributed by atoms with E-state index in [1.54, 1.807) is 0 Å². The van der Waals surface area contributed by atoms with E-state index in [0.29, 0.717) is 6.42 Å². The number of amides is 3. The number of imide groups is 1. The molecule has 1 aromatic heterocycles. The molecule has 9 heteroatoms. The van der Waals surface area contributed by atoms with E-state index in [9.17, 15) is 19.2 Å². The first-order chi connectivity index (χ1) is 12.9. The van der Waals surface area contributed by atoms with Gasteiger partial charge in [0, 0.05) is 0 Å². The van der Waals surface area contributed by atoms with Gasteiger partial charge in [0.15, 0.2) is 0 Å². The summed E-state index contributed by atoms with van der Waals surface area (Å²) in [5, 5.41) is 2.78. The molecule has 0 radical (unpaired) electrons. The largest absolute Gasteiger partial charge is 0.463 e. The highest BCUT2D eigenvalue weighted by Crippen LogP contribution is 2.38. The molecule has 2 aliphatic rings. The lowest BCUT2D eigenvalue weighted by Crippen LogP contribution is -2.54. The lowest BCUT2D eigenvalue weighted by atomic mass is 9.73.